The van der Waals surface area contributed by atoms with E-state index in [2.05, 4.69) is 29.6 Å². The number of nitrogens with zero attached hydrogens (tertiary/aromatic N) is 1. The number of hydrogen-bond donors (Lipinski definition) is 2. The lowest BCUT2D eigenvalue weighted by Gasteiger charge is -2.09. The second kappa shape index (κ2) is 10.9. The smallest absolute Gasteiger partial charge is 0.233 e. The van der Waals surface area contributed by atoms with Crippen LogP contribution in [-0.2, 0) is 9.53 Å². The van der Waals surface area contributed by atoms with Gasteiger partial charge in [0.2, 0.25) is 5.91 Å². The number of carbonyl (C=O) groups is 1. The van der Waals surface area contributed by atoms with Crippen LogP contribution in [-0.4, -0.2) is 64.8 Å². The van der Waals surface area contributed by atoms with Crippen LogP contribution in [0.25, 0.3) is 0 Å². The Morgan fingerprint density at radius 2 is 2.00 bits per heavy atom. The van der Waals surface area contributed by atoms with Crippen molar-refractivity contribution in [3.63, 3.8) is 0 Å². The summed E-state index contributed by atoms with van der Waals surface area (Å²) in [6, 6.07) is 0. The van der Waals surface area contributed by atoms with Gasteiger partial charge in [0, 0.05) is 20.2 Å². The summed E-state index contributed by atoms with van der Waals surface area (Å²) in [6.45, 7) is 3.55. The van der Waals surface area contributed by atoms with Crippen molar-refractivity contribution in [2.75, 3.05) is 54.0 Å². The van der Waals surface area contributed by atoms with Crippen LogP contribution in [0.4, 0.5) is 0 Å². The zero-order valence-corrected chi connectivity index (χ0v) is 10.7. The Balaban J connectivity index is 3.17. The van der Waals surface area contributed by atoms with Gasteiger partial charge in [0.1, 0.15) is 0 Å². The Kier molecular flexibility index (Phi) is 10.4. The SMILES string of the molecule is COCCNCC(=O)NCCCCN(C)C. The lowest BCUT2D eigenvalue weighted by molar-refractivity contribution is -0.120. The highest BCUT2D eigenvalue weighted by Gasteiger charge is 1.99. The minimum Gasteiger partial charge on any atom is -0.383 e. The molecular formula is C11H25N3O2. The monoisotopic (exact) mass is 231 g/mol. The summed E-state index contributed by atoms with van der Waals surface area (Å²) < 4.78 is 4.86. The first-order valence-electron chi connectivity index (χ1n) is 5.78. The van der Waals surface area contributed by atoms with E-state index in [4.69, 9.17) is 4.74 Å². The number of ether oxygens (including phenoxy) is 1. The number of methoxy groups -OCH3 is 1. The van der Waals surface area contributed by atoms with Gasteiger partial charge >= 0.3 is 0 Å². The molecule has 0 unspecified atom stereocenters. The quantitative estimate of drug-likeness (QED) is 0.506. The van der Waals surface area contributed by atoms with Gasteiger partial charge in [0.25, 0.3) is 0 Å². The van der Waals surface area contributed by atoms with Crippen LogP contribution in [0.15, 0.2) is 0 Å². The molecule has 0 rings (SSSR count). The molecular weight excluding hydrogens is 206 g/mol. The first kappa shape index (κ1) is 15.3. The molecule has 96 valence electrons. The molecule has 0 fully saturated rings. The van der Waals surface area contributed by atoms with Crippen LogP contribution in [0.2, 0.25) is 0 Å². The highest BCUT2D eigenvalue weighted by Crippen LogP contribution is 1.88. The van der Waals surface area contributed by atoms with E-state index in [-0.39, 0.29) is 5.91 Å². The van der Waals surface area contributed by atoms with Gasteiger partial charge in [0.15, 0.2) is 0 Å². The molecule has 0 aliphatic rings. The van der Waals surface area contributed by atoms with E-state index >= 15 is 0 Å². The van der Waals surface area contributed by atoms with Gasteiger partial charge in [-0.3, -0.25) is 4.79 Å². The average Bonchev–Trinajstić information content (AvgIpc) is 2.23. The third-order valence-electron chi connectivity index (χ3n) is 2.12. The van der Waals surface area contributed by atoms with Crippen molar-refractivity contribution in [1.29, 1.82) is 0 Å². The molecule has 0 heterocycles. The lowest BCUT2D eigenvalue weighted by Crippen LogP contribution is -2.35. The third-order valence-corrected chi connectivity index (χ3v) is 2.12. The Hall–Kier alpha value is -0.650. The largest absolute Gasteiger partial charge is 0.383 e. The molecule has 0 radical (unpaired) electrons. The average molecular weight is 231 g/mol. The molecule has 2 N–H and O–H groups in total. The minimum absolute atomic E-state index is 0.0564. The van der Waals surface area contributed by atoms with Gasteiger partial charge in [-0.15, -0.1) is 0 Å². The van der Waals surface area contributed by atoms with Crippen molar-refractivity contribution in [2.45, 2.75) is 12.8 Å². The van der Waals surface area contributed by atoms with Crippen LogP contribution in [0.1, 0.15) is 12.8 Å². The topological polar surface area (TPSA) is 53.6 Å². The van der Waals surface area contributed by atoms with Gasteiger partial charge in [-0.05, 0) is 33.5 Å². The fourth-order valence-corrected chi connectivity index (χ4v) is 1.22. The number of nitrogens with one attached hydrogen (secondary N) is 2. The first-order valence-corrected chi connectivity index (χ1v) is 5.78. The highest BCUT2D eigenvalue weighted by molar-refractivity contribution is 5.77. The second-order valence-electron chi connectivity index (χ2n) is 4.03. The molecule has 1 amide bonds. The van der Waals surface area contributed by atoms with Gasteiger partial charge in [-0.25, -0.2) is 0 Å². The van der Waals surface area contributed by atoms with Crippen molar-refractivity contribution < 1.29 is 9.53 Å². The number of hydrogen-bond acceptors (Lipinski definition) is 4. The molecule has 0 aromatic carbocycles. The minimum atomic E-state index is 0.0564. The summed E-state index contributed by atoms with van der Waals surface area (Å²) in [7, 11) is 5.75. The van der Waals surface area contributed by atoms with Gasteiger partial charge in [-0.2, -0.15) is 0 Å². The summed E-state index contributed by atoms with van der Waals surface area (Å²) in [5.74, 6) is 0.0564. The van der Waals surface area contributed by atoms with Gasteiger partial charge < -0.3 is 20.3 Å². The van der Waals surface area contributed by atoms with E-state index in [1.54, 1.807) is 7.11 Å². The predicted octanol–water partition coefficient (Wildman–Crippen LogP) is -0.320. The van der Waals surface area contributed by atoms with Crippen molar-refractivity contribution >= 4 is 5.91 Å². The van der Waals surface area contributed by atoms with E-state index in [1.165, 1.54) is 0 Å². The summed E-state index contributed by atoms with van der Waals surface area (Å²) in [5.41, 5.74) is 0. The van der Waals surface area contributed by atoms with Gasteiger partial charge in [-0.1, -0.05) is 0 Å². The molecule has 0 bridgehead atoms. The molecule has 5 heteroatoms. The maximum Gasteiger partial charge on any atom is 0.233 e. The molecule has 5 nitrogen and oxygen atoms in total. The first-order chi connectivity index (χ1) is 7.66. The maximum absolute atomic E-state index is 11.3. The molecule has 16 heavy (non-hydrogen) atoms. The van der Waals surface area contributed by atoms with E-state index < -0.39 is 0 Å². The number of rotatable bonds is 10. The van der Waals surface area contributed by atoms with Crippen LogP contribution >= 0.6 is 0 Å². The van der Waals surface area contributed by atoms with E-state index in [9.17, 15) is 4.79 Å². The summed E-state index contributed by atoms with van der Waals surface area (Å²) in [4.78, 5) is 13.4. The van der Waals surface area contributed by atoms with Crippen LogP contribution in [0, 0.1) is 0 Å². The zero-order valence-electron chi connectivity index (χ0n) is 10.7. The summed E-state index contributed by atoms with van der Waals surface area (Å²) >= 11 is 0. The fraction of sp³-hybridized carbons (Fsp3) is 0.909. The van der Waals surface area contributed by atoms with Crippen LogP contribution < -0.4 is 10.6 Å². The van der Waals surface area contributed by atoms with Crippen molar-refractivity contribution in [2.24, 2.45) is 0 Å². The predicted molar refractivity (Wildman–Crippen MR) is 65.5 cm³/mol. The molecule has 0 aliphatic heterocycles. The van der Waals surface area contributed by atoms with Crippen molar-refractivity contribution in [1.82, 2.24) is 15.5 Å². The maximum atomic E-state index is 11.3. The summed E-state index contributed by atoms with van der Waals surface area (Å²) in [6.07, 6.45) is 2.15. The number of unbranched alkanes of at least 4 members (excludes halogenated alkanes) is 1. The Labute approximate surface area is 98.5 Å². The number of carbonyl (C=O) groups excluding carboxylic acids is 1. The van der Waals surface area contributed by atoms with E-state index in [0.717, 1.165) is 25.9 Å². The van der Waals surface area contributed by atoms with Crippen molar-refractivity contribution in [3.8, 4) is 0 Å². The molecule has 0 aromatic rings. The zero-order chi connectivity index (χ0) is 12.2. The Morgan fingerprint density at radius 3 is 2.62 bits per heavy atom. The molecule has 0 atom stereocenters. The van der Waals surface area contributed by atoms with E-state index in [0.29, 0.717) is 19.7 Å². The Morgan fingerprint density at radius 1 is 1.25 bits per heavy atom. The van der Waals surface area contributed by atoms with Gasteiger partial charge in [0.05, 0.1) is 13.2 Å². The molecule has 0 spiro atoms. The Bertz CT molecular complexity index is 175. The van der Waals surface area contributed by atoms with Crippen LogP contribution in [0.5, 0.6) is 0 Å². The molecule has 0 aromatic heterocycles. The fourth-order valence-electron chi connectivity index (χ4n) is 1.22. The standard InChI is InChI=1S/C11H25N3O2/c1-14(2)8-5-4-6-13-11(15)10-12-7-9-16-3/h12H,4-10H2,1-3H3,(H,13,15). The number of amides is 1. The second-order valence-corrected chi connectivity index (χ2v) is 4.03. The molecule has 0 aliphatic carbocycles. The van der Waals surface area contributed by atoms with E-state index in [1.807, 2.05) is 0 Å². The highest BCUT2D eigenvalue weighted by atomic mass is 16.5. The normalized spacial score (nSPS) is 10.8. The van der Waals surface area contributed by atoms with Crippen molar-refractivity contribution in [3.05, 3.63) is 0 Å². The lowest BCUT2D eigenvalue weighted by atomic mass is 10.3. The summed E-state index contributed by atoms with van der Waals surface area (Å²) in [5, 5.41) is 5.87. The molecule has 0 saturated carbocycles. The third kappa shape index (κ3) is 11.4. The van der Waals surface area contributed by atoms with Crippen LogP contribution in [0.3, 0.4) is 0 Å². The molecule has 0 saturated heterocycles.